The van der Waals surface area contributed by atoms with E-state index in [0.29, 0.717) is 5.41 Å². The molecule has 0 aromatic carbocycles. The van der Waals surface area contributed by atoms with Crippen LogP contribution in [0.25, 0.3) is 0 Å². The molecular weight excluding hydrogens is 194 g/mol. The quantitative estimate of drug-likeness (QED) is 0.605. The molecule has 0 radical (unpaired) electrons. The lowest BCUT2D eigenvalue weighted by Gasteiger charge is -2.54. The van der Waals surface area contributed by atoms with Crippen LogP contribution in [0, 0.1) is 11.3 Å². The molecule has 1 N–H and O–H groups in total. The maximum absolute atomic E-state index is 3.48. The molecule has 1 heteroatoms. The standard InChI is InChI=1S/C15H31N/c1-5-7-8-9-10-11-13-12-14(16-4)15(13,3)6-2/h13-14,16H,5-12H2,1-4H3. The fourth-order valence-electron chi connectivity index (χ4n) is 3.37. The summed E-state index contributed by atoms with van der Waals surface area (Å²) in [6.45, 7) is 7.12. The second-order valence-corrected chi connectivity index (χ2v) is 5.84. The lowest BCUT2D eigenvalue weighted by atomic mass is 9.55. The van der Waals surface area contributed by atoms with Gasteiger partial charge in [-0.15, -0.1) is 0 Å². The highest BCUT2D eigenvalue weighted by Crippen LogP contribution is 2.51. The summed E-state index contributed by atoms with van der Waals surface area (Å²) in [6.07, 6.45) is 11.3. The monoisotopic (exact) mass is 225 g/mol. The van der Waals surface area contributed by atoms with Crippen LogP contribution in [0.2, 0.25) is 0 Å². The van der Waals surface area contributed by atoms with Gasteiger partial charge in [0.2, 0.25) is 0 Å². The van der Waals surface area contributed by atoms with E-state index in [1.807, 2.05) is 0 Å². The number of rotatable bonds is 8. The van der Waals surface area contributed by atoms with Crippen molar-refractivity contribution in [2.75, 3.05) is 7.05 Å². The van der Waals surface area contributed by atoms with Crippen molar-refractivity contribution in [3.63, 3.8) is 0 Å². The first-order valence-corrected chi connectivity index (χ1v) is 7.36. The number of unbranched alkanes of at least 4 members (excludes halogenated alkanes) is 4. The third-order valence-electron chi connectivity index (χ3n) is 5.02. The van der Waals surface area contributed by atoms with Gasteiger partial charge in [-0.1, -0.05) is 52.9 Å². The van der Waals surface area contributed by atoms with Crippen LogP contribution in [0.5, 0.6) is 0 Å². The minimum atomic E-state index is 0.583. The Morgan fingerprint density at radius 2 is 1.81 bits per heavy atom. The van der Waals surface area contributed by atoms with Gasteiger partial charge in [-0.25, -0.2) is 0 Å². The number of nitrogens with one attached hydrogen (secondary N) is 1. The summed E-state index contributed by atoms with van der Waals surface area (Å²) in [4.78, 5) is 0. The highest BCUT2D eigenvalue weighted by atomic mass is 14.9. The molecule has 0 amide bonds. The first-order valence-electron chi connectivity index (χ1n) is 7.36. The summed E-state index contributed by atoms with van der Waals surface area (Å²) in [7, 11) is 2.12. The summed E-state index contributed by atoms with van der Waals surface area (Å²) in [5, 5.41) is 3.48. The van der Waals surface area contributed by atoms with Crippen molar-refractivity contribution in [2.24, 2.45) is 11.3 Å². The topological polar surface area (TPSA) is 12.0 Å². The van der Waals surface area contributed by atoms with Crippen molar-refractivity contribution in [1.82, 2.24) is 5.32 Å². The van der Waals surface area contributed by atoms with Crippen molar-refractivity contribution in [2.45, 2.75) is 78.2 Å². The van der Waals surface area contributed by atoms with Crippen LogP contribution in [0.15, 0.2) is 0 Å². The van der Waals surface area contributed by atoms with Crippen molar-refractivity contribution in [3.8, 4) is 0 Å². The molecule has 1 aliphatic rings. The van der Waals surface area contributed by atoms with Gasteiger partial charge in [0.25, 0.3) is 0 Å². The van der Waals surface area contributed by atoms with E-state index in [1.54, 1.807) is 0 Å². The van der Waals surface area contributed by atoms with Crippen LogP contribution >= 0.6 is 0 Å². The molecule has 0 aromatic heterocycles. The van der Waals surface area contributed by atoms with E-state index in [-0.39, 0.29) is 0 Å². The zero-order chi connectivity index (χ0) is 12.0. The molecule has 0 heterocycles. The molecular formula is C15H31N. The Kier molecular flexibility index (Phi) is 5.82. The van der Waals surface area contributed by atoms with E-state index in [9.17, 15) is 0 Å². The average molecular weight is 225 g/mol. The summed E-state index contributed by atoms with van der Waals surface area (Å²) < 4.78 is 0. The van der Waals surface area contributed by atoms with Gasteiger partial charge >= 0.3 is 0 Å². The number of hydrogen-bond acceptors (Lipinski definition) is 1. The Bertz CT molecular complexity index is 190. The van der Waals surface area contributed by atoms with Gasteiger partial charge in [0.05, 0.1) is 0 Å². The molecule has 0 aromatic rings. The Labute approximate surface area is 102 Å². The van der Waals surface area contributed by atoms with Gasteiger partial charge in [-0.3, -0.25) is 0 Å². The predicted octanol–water partition coefficient (Wildman–Crippen LogP) is 4.37. The molecule has 1 saturated carbocycles. The molecule has 0 aliphatic heterocycles. The SMILES string of the molecule is CCCCCCCC1CC(NC)C1(C)CC. The molecule has 1 nitrogen and oxygen atoms in total. The second-order valence-electron chi connectivity index (χ2n) is 5.84. The van der Waals surface area contributed by atoms with Crippen LogP contribution in [0.1, 0.15) is 72.1 Å². The van der Waals surface area contributed by atoms with E-state index < -0.39 is 0 Å². The van der Waals surface area contributed by atoms with E-state index in [1.165, 1.54) is 51.4 Å². The molecule has 0 spiro atoms. The Hall–Kier alpha value is -0.0400. The van der Waals surface area contributed by atoms with Crippen molar-refractivity contribution in [1.29, 1.82) is 0 Å². The molecule has 16 heavy (non-hydrogen) atoms. The predicted molar refractivity (Wildman–Crippen MR) is 72.7 cm³/mol. The van der Waals surface area contributed by atoms with E-state index in [0.717, 1.165) is 12.0 Å². The summed E-state index contributed by atoms with van der Waals surface area (Å²) in [6, 6.07) is 0.776. The molecule has 3 unspecified atom stereocenters. The third-order valence-corrected chi connectivity index (χ3v) is 5.02. The highest BCUT2D eigenvalue weighted by molar-refractivity contribution is 5.02. The van der Waals surface area contributed by atoms with Crippen molar-refractivity contribution in [3.05, 3.63) is 0 Å². The Morgan fingerprint density at radius 3 is 2.38 bits per heavy atom. The molecule has 0 bridgehead atoms. The van der Waals surface area contributed by atoms with E-state index in [2.05, 4.69) is 33.1 Å². The van der Waals surface area contributed by atoms with Gasteiger partial charge in [0, 0.05) is 6.04 Å². The van der Waals surface area contributed by atoms with Crippen LogP contribution in [0.4, 0.5) is 0 Å². The fourth-order valence-corrected chi connectivity index (χ4v) is 3.37. The molecule has 1 rings (SSSR count). The summed E-state index contributed by atoms with van der Waals surface area (Å²) in [5.41, 5.74) is 0.583. The first kappa shape index (κ1) is 14.0. The molecule has 1 aliphatic carbocycles. The molecule has 1 fully saturated rings. The van der Waals surface area contributed by atoms with Crippen LogP contribution in [-0.2, 0) is 0 Å². The zero-order valence-corrected chi connectivity index (χ0v) is 11.8. The van der Waals surface area contributed by atoms with Gasteiger partial charge < -0.3 is 5.32 Å². The highest BCUT2D eigenvalue weighted by Gasteiger charge is 2.48. The van der Waals surface area contributed by atoms with Crippen LogP contribution < -0.4 is 5.32 Å². The molecule has 0 saturated heterocycles. The first-order chi connectivity index (χ1) is 7.69. The average Bonchev–Trinajstić information content (AvgIpc) is 2.30. The molecule has 96 valence electrons. The van der Waals surface area contributed by atoms with Crippen molar-refractivity contribution < 1.29 is 0 Å². The van der Waals surface area contributed by atoms with Crippen molar-refractivity contribution >= 4 is 0 Å². The van der Waals surface area contributed by atoms with Gasteiger partial charge in [0.1, 0.15) is 0 Å². The van der Waals surface area contributed by atoms with Gasteiger partial charge in [0.15, 0.2) is 0 Å². The summed E-state index contributed by atoms with van der Waals surface area (Å²) >= 11 is 0. The second kappa shape index (κ2) is 6.64. The van der Waals surface area contributed by atoms with E-state index >= 15 is 0 Å². The normalized spacial score (nSPS) is 33.8. The Balaban J connectivity index is 2.18. The molecule has 3 atom stereocenters. The van der Waals surface area contributed by atoms with Crippen LogP contribution in [-0.4, -0.2) is 13.1 Å². The van der Waals surface area contributed by atoms with Gasteiger partial charge in [-0.2, -0.15) is 0 Å². The lowest BCUT2D eigenvalue weighted by molar-refractivity contribution is -0.0105. The third kappa shape index (κ3) is 3.00. The van der Waals surface area contributed by atoms with Gasteiger partial charge in [-0.05, 0) is 37.6 Å². The largest absolute Gasteiger partial charge is 0.316 e. The minimum Gasteiger partial charge on any atom is -0.316 e. The maximum Gasteiger partial charge on any atom is 0.0123 e. The smallest absolute Gasteiger partial charge is 0.0123 e. The maximum atomic E-state index is 3.48. The fraction of sp³-hybridized carbons (Fsp3) is 1.00. The van der Waals surface area contributed by atoms with E-state index in [4.69, 9.17) is 0 Å². The zero-order valence-electron chi connectivity index (χ0n) is 11.8. The minimum absolute atomic E-state index is 0.583. The Morgan fingerprint density at radius 1 is 1.12 bits per heavy atom. The summed E-state index contributed by atoms with van der Waals surface area (Å²) in [5.74, 6) is 0.983. The van der Waals surface area contributed by atoms with Crippen LogP contribution in [0.3, 0.4) is 0 Å². The number of hydrogen-bond donors (Lipinski definition) is 1. The lowest BCUT2D eigenvalue weighted by Crippen LogP contribution is -2.57.